The second kappa shape index (κ2) is 52.0. The Kier molecular flexibility index (Phi) is 50.6. The molecule has 0 spiro atoms. The number of nitrogens with one attached hydrogen (secondary N) is 1. The fourth-order valence-electron chi connectivity index (χ4n) is 8.45. The number of aliphatic hydroxyl groups excluding tert-OH is 2. The van der Waals surface area contributed by atoms with E-state index in [4.69, 9.17) is 4.74 Å². The van der Waals surface area contributed by atoms with Gasteiger partial charge in [0.25, 0.3) is 0 Å². The summed E-state index contributed by atoms with van der Waals surface area (Å²) in [6, 6.07) is -0.546. The first-order valence-electron chi connectivity index (χ1n) is 27.6. The maximum atomic E-state index is 12.4. The van der Waals surface area contributed by atoms with E-state index in [1.807, 2.05) is 0 Å². The molecular formula is C56H107NO5. The molecule has 0 aliphatic carbocycles. The van der Waals surface area contributed by atoms with Crippen LogP contribution in [0.3, 0.4) is 0 Å². The standard InChI is InChI=1S/C56H107NO5/c1-3-5-7-9-11-13-15-16-23-27-30-34-38-42-46-50-56(61)62-51-47-43-39-35-31-28-25-22-20-18-17-19-21-24-26-29-33-37-41-45-49-55(60)57-53(52-58)54(59)48-44-40-36-32-14-12-10-8-6-4-2/h16-17,19,23,53-54,58-59H,3-15,18,20-22,24-52H2,1-2H3,(H,57,60)/b19-17-,23-16-. The van der Waals surface area contributed by atoms with Crippen LogP contribution in [0.1, 0.15) is 296 Å². The highest BCUT2D eigenvalue weighted by atomic mass is 16.5. The average molecular weight is 874 g/mol. The van der Waals surface area contributed by atoms with Crippen molar-refractivity contribution in [1.82, 2.24) is 5.32 Å². The number of aliphatic hydroxyl groups is 2. The van der Waals surface area contributed by atoms with Crippen LogP contribution < -0.4 is 5.32 Å². The van der Waals surface area contributed by atoms with Gasteiger partial charge in [-0.05, 0) is 77.0 Å². The number of amides is 1. The third-order valence-electron chi connectivity index (χ3n) is 12.7. The van der Waals surface area contributed by atoms with Crippen LogP contribution in [-0.4, -0.2) is 47.4 Å². The summed E-state index contributed by atoms with van der Waals surface area (Å²) in [5, 5.41) is 23.1. The Morgan fingerprint density at radius 1 is 0.435 bits per heavy atom. The van der Waals surface area contributed by atoms with Crippen LogP contribution in [0, 0.1) is 0 Å². The number of unbranched alkanes of at least 4 members (excludes halogenated alkanes) is 36. The zero-order chi connectivity index (χ0) is 45.1. The lowest BCUT2D eigenvalue weighted by molar-refractivity contribution is -0.143. The van der Waals surface area contributed by atoms with Gasteiger partial charge in [-0.1, -0.05) is 231 Å². The van der Waals surface area contributed by atoms with Gasteiger partial charge in [-0.2, -0.15) is 0 Å². The quantitative estimate of drug-likeness (QED) is 0.0321. The van der Waals surface area contributed by atoms with E-state index in [1.165, 1.54) is 218 Å². The zero-order valence-corrected chi connectivity index (χ0v) is 41.6. The average Bonchev–Trinajstić information content (AvgIpc) is 3.27. The highest BCUT2D eigenvalue weighted by Crippen LogP contribution is 2.16. The summed E-state index contributed by atoms with van der Waals surface area (Å²) in [4.78, 5) is 24.4. The van der Waals surface area contributed by atoms with Gasteiger partial charge >= 0.3 is 5.97 Å². The van der Waals surface area contributed by atoms with Crippen LogP contribution in [0.4, 0.5) is 0 Å². The number of ether oxygens (including phenoxy) is 1. The van der Waals surface area contributed by atoms with Gasteiger partial charge in [-0.25, -0.2) is 0 Å². The summed E-state index contributed by atoms with van der Waals surface area (Å²) in [6.45, 7) is 4.92. The van der Waals surface area contributed by atoms with Crippen molar-refractivity contribution in [2.24, 2.45) is 0 Å². The van der Waals surface area contributed by atoms with E-state index in [2.05, 4.69) is 43.5 Å². The van der Waals surface area contributed by atoms with E-state index in [-0.39, 0.29) is 18.5 Å². The van der Waals surface area contributed by atoms with Crippen molar-refractivity contribution in [2.45, 2.75) is 309 Å². The van der Waals surface area contributed by atoms with E-state index in [9.17, 15) is 19.8 Å². The molecule has 0 bridgehead atoms. The lowest BCUT2D eigenvalue weighted by Crippen LogP contribution is -2.45. The van der Waals surface area contributed by atoms with E-state index in [1.54, 1.807) is 0 Å². The molecule has 0 saturated carbocycles. The lowest BCUT2D eigenvalue weighted by atomic mass is 10.0. The minimum Gasteiger partial charge on any atom is -0.466 e. The van der Waals surface area contributed by atoms with E-state index in [0.717, 1.165) is 44.9 Å². The summed E-state index contributed by atoms with van der Waals surface area (Å²) in [5.41, 5.74) is 0. The van der Waals surface area contributed by atoms with Crippen molar-refractivity contribution < 1.29 is 24.5 Å². The normalized spacial score (nSPS) is 12.8. The molecule has 1 amide bonds. The minimum atomic E-state index is -0.667. The van der Waals surface area contributed by atoms with E-state index < -0.39 is 12.1 Å². The van der Waals surface area contributed by atoms with Crippen LogP contribution in [0.2, 0.25) is 0 Å². The monoisotopic (exact) mass is 874 g/mol. The summed E-state index contributed by atoms with van der Waals surface area (Å²) < 4.78 is 5.47. The third kappa shape index (κ3) is 47.8. The molecule has 2 atom stereocenters. The Labute approximate surface area is 386 Å². The van der Waals surface area contributed by atoms with Crippen LogP contribution in [-0.2, 0) is 14.3 Å². The van der Waals surface area contributed by atoms with Crippen molar-refractivity contribution in [1.29, 1.82) is 0 Å². The lowest BCUT2D eigenvalue weighted by Gasteiger charge is -2.22. The number of hydrogen-bond donors (Lipinski definition) is 3. The smallest absolute Gasteiger partial charge is 0.305 e. The first-order chi connectivity index (χ1) is 30.5. The molecule has 0 heterocycles. The maximum Gasteiger partial charge on any atom is 0.305 e. The molecule has 62 heavy (non-hydrogen) atoms. The van der Waals surface area contributed by atoms with Crippen LogP contribution in [0.15, 0.2) is 24.3 Å². The fourth-order valence-corrected chi connectivity index (χ4v) is 8.45. The second-order valence-corrected chi connectivity index (χ2v) is 18.9. The van der Waals surface area contributed by atoms with Gasteiger partial charge in [0.05, 0.1) is 25.4 Å². The predicted molar refractivity (Wildman–Crippen MR) is 269 cm³/mol. The van der Waals surface area contributed by atoms with Gasteiger partial charge in [0.1, 0.15) is 0 Å². The number of allylic oxidation sites excluding steroid dienone is 4. The van der Waals surface area contributed by atoms with Crippen LogP contribution in [0.5, 0.6) is 0 Å². The van der Waals surface area contributed by atoms with Crippen LogP contribution >= 0.6 is 0 Å². The van der Waals surface area contributed by atoms with Gasteiger partial charge in [-0.3, -0.25) is 9.59 Å². The van der Waals surface area contributed by atoms with Crippen molar-refractivity contribution in [2.75, 3.05) is 13.2 Å². The van der Waals surface area contributed by atoms with Crippen molar-refractivity contribution in [3.63, 3.8) is 0 Å². The Balaban J connectivity index is 3.41. The molecule has 0 aliphatic heterocycles. The number of hydrogen-bond acceptors (Lipinski definition) is 5. The Morgan fingerprint density at radius 2 is 0.758 bits per heavy atom. The number of esters is 1. The molecule has 0 saturated heterocycles. The summed E-state index contributed by atoms with van der Waals surface area (Å²) in [5.74, 6) is -0.0473. The molecule has 0 rings (SSSR count). The van der Waals surface area contributed by atoms with E-state index >= 15 is 0 Å². The molecule has 0 aliphatic rings. The molecular weight excluding hydrogens is 767 g/mol. The van der Waals surface area contributed by atoms with Crippen molar-refractivity contribution in [3.05, 3.63) is 24.3 Å². The molecule has 0 aromatic rings. The highest BCUT2D eigenvalue weighted by molar-refractivity contribution is 5.76. The van der Waals surface area contributed by atoms with Gasteiger partial charge in [0, 0.05) is 12.8 Å². The molecule has 0 aromatic heterocycles. The van der Waals surface area contributed by atoms with Gasteiger partial charge in [-0.15, -0.1) is 0 Å². The molecule has 366 valence electrons. The molecule has 2 unspecified atom stereocenters. The predicted octanol–water partition coefficient (Wildman–Crippen LogP) is 16.7. The molecule has 0 radical (unpaired) electrons. The van der Waals surface area contributed by atoms with Gasteiger partial charge in [0.15, 0.2) is 0 Å². The zero-order valence-electron chi connectivity index (χ0n) is 41.6. The Hall–Kier alpha value is -1.66. The summed E-state index contributed by atoms with van der Waals surface area (Å²) in [7, 11) is 0. The second-order valence-electron chi connectivity index (χ2n) is 18.9. The third-order valence-corrected chi connectivity index (χ3v) is 12.7. The Morgan fingerprint density at radius 3 is 1.15 bits per heavy atom. The number of carbonyl (C=O) groups is 2. The largest absolute Gasteiger partial charge is 0.466 e. The summed E-state index contributed by atoms with van der Waals surface area (Å²) in [6.07, 6.45) is 61.7. The number of rotatable bonds is 51. The first-order valence-corrected chi connectivity index (χ1v) is 27.6. The van der Waals surface area contributed by atoms with Gasteiger partial charge in [0.2, 0.25) is 5.91 Å². The number of carbonyl (C=O) groups excluding carboxylic acids is 2. The molecule has 6 nitrogen and oxygen atoms in total. The maximum absolute atomic E-state index is 12.4. The minimum absolute atomic E-state index is 0.00190. The molecule has 0 fully saturated rings. The van der Waals surface area contributed by atoms with Gasteiger partial charge < -0.3 is 20.3 Å². The fraction of sp³-hybridized carbons (Fsp3) is 0.893. The van der Waals surface area contributed by atoms with Crippen LogP contribution in [0.25, 0.3) is 0 Å². The molecule has 6 heteroatoms. The van der Waals surface area contributed by atoms with Crippen molar-refractivity contribution in [3.8, 4) is 0 Å². The SMILES string of the molecule is CCCCCCCC/C=C\CCCCCCCC(=O)OCCCCCCCCCCC/C=C\CCCCCCCCCC(=O)NC(CO)C(O)CCCCCCCCCCCC. The topological polar surface area (TPSA) is 95.9 Å². The molecule has 0 aromatic carbocycles. The Bertz CT molecular complexity index is 966. The first kappa shape index (κ1) is 60.3. The van der Waals surface area contributed by atoms with Crippen molar-refractivity contribution >= 4 is 11.9 Å². The summed E-state index contributed by atoms with van der Waals surface area (Å²) >= 11 is 0. The van der Waals surface area contributed by atoms with E-state index in [0.29, 0.717) is 25.9 Å². The molecule has 3 N–H and O–H groups in total. The highest BCUT2D eigenvalue weighted by Gasteiger charge is 2.20.